The van der Waals surface area contributed by atoms with Gasteiger partial charge in [-0.25, -0.2) is 4.98 Å². The summed E-state index contributed by atoms with van der Waals surface area (Å²) in [5.74, 6) is 0.962. The van der Waals surface area contributed by atoms with Gasteiger partial charge in [-0.3, -0.25) is 9.89 Å². The van der Waals surface area contributed by atoms with Gasteiger partial charge >= 0.3 is 0 Å². The number of thiazole rings is 1. The molecule has 0 aliphatic carbocycles. The molecule has 2 heterocycles. The lowest BCUT2D eigenvalue weighted by Gasteiger charge is -2.36. The number of nitrogens with one attached hydrogen (secondary N) is 1. The van der Waals surface area contributed by atoms with Crippen LogP contribution in [0.2, 0.25) is 0 Å². The summed E-state index contributed by atoms with van der Waals surface area (Å²) in [6.07, 6.45) is 0. The summed E-state index contributed by atoms with van der Waals surface area (Å²) >= 11 is 1.67. The Kier molecular flexibility index (Phi) is 8.78. The Labute approximate surface area is 183 Å². The van der Waals surface area contributed by atoms with Crippen LogP contribution in [0.15, 0.2) is 40.7 Å². The van der Waals surface area contributed by atoms with Gasteiger partial charge in [0, 0.05) is 59.2 Å². The maximum atomic E-state index is 4.62. The summed E-state index contributed by atoms with van der Waals surface area (Å²) < 4.78 is 0. The third kappa shape index (κ3) is 6.32. The van der Waals surface area contributed by atoms with E-state index in [0.717, 1.165) is 49.5 Å². The zero-order chi connectivity index (χ0) is 18.4. The van der Waals surface area contributed by atoms with Crippen molar-refractivity contribution in [2.75, 3.05) is 52.2 Å². The zero-order valence-corrected chi connectivity index (χ0v) is 19.4. The summed E-state index contributed by atoms with van der Waals surface area (Å²) in [7, 11) is 5.89. The molecule has 2 aromatic rings. The summed E-state index contributed by atoms with van der Waals surface area (Å²) in [6, 6.07) is 10.7. The maximum absolute atomic E-state index is 4.62. The SMILES string of the molecule is CN=C(NCc1csc(N(C)C)n1)N1CCN(Cc2ccccc2)CC1.I. The summed E-state index contributed by atoms with van der Waals surface area (Å²) in [6.45, 7) is 5.82. The fourth-order valence-electron chi connectivity index (χ4n) is 3.04. The Morgan fingerprint density at radius 2 is 1.89 bits per heavy atom. The van der Waals surface area contributed by atoms with E-state index in [2.05, 4.69) is 60.8 Å². The fraction of sp³-hybridized carbons (Fsp3) is 0.474. The van der Waals surface area contributed by atoms with E-state index in [4.69, 9.17) is 0 Å². The van der Waals surface area contributed by atoms with Crippen molar-refractivity contribution in [3.63, 3.8) is 0 Å². The van der Waals surface area contributed by atoms with Gasteiger partial charge < -0.3 is 15.1 Å². The highest BCUT2D eigenvalue weighted by Gasteiger charge is 2.19. The van der Waals surface area contributed by atoms with Gasteiger partial charge in [-0.2, -0.15) is 0 Å². The normalized spacial score (nSPS) is 15.4. The van der Waals surface area contributed by atoms with Crippen molar-refractivity contribution in [1.82, 2.24) is 20.1 Å². The van der Waals surface area contributed by atoms with Crippen LogP contribution in [0.3, 0.4) is 0 Å². The van der Waals surface area contributed by atoms with Crippen molar-refractivity contribution in [2.45, 2.75) is 13.1 Å². The molecule has 0 bridgehead atoms. The number of hydrogen-bond donors (Lipinski definition) is 1. The van der Waals surface area contributed by atoms with Gasteiger partial charge in [-0.15, -0.1) is 35.3 Å². The third-order valence-electron chi connectivity index (χ3n) is 4.48. The molecule has 8 heteroatoms. The molecule has 1 aliphatic heterocycles. The molecule has 0 unspecified atom stereocenters. The summed E-state index contributed by atoms with van der Waals surface area (Å²) in [4.78, 5) is 15.9. The Bertz CT molecular complexity index is 710. The lowest BCUT2D eigenvalue weighted by atomic mass is 10.2. The standard InChI is InChI=1S/C19H28N6S.HI/c1-20-18(21-13-17-15-26-19(22-17)23(2)3)25-11-9-24(10-12-25)14-16-7-5-4-6-8-16;/h4-8,15H,9-14H2,1-3H3,(H,20,21);1H. The minimum atomic E-state index is 0. The van der Waals surface area contributed by atoms with Crippen molar-refractivity contribution in [3.8, 4) is 0 Å². The molecule has 1 fully saturated rings. The fourth-order valence-corrected chi connectivity index (χ4v) is 3.80. The lowest BCUT2D eigenvalue weighted by molar-refractivity contribution is 0.172. The van der Waals surface area contributed by atoms with E-state index in [1.165, 1.54) is 5.56 Å². The minimum Gasteiger partial charge on any atom is -0.354 e. The van der Waals surface area contributed by atoms with Crippen molar-refractivity contribution in [2.24, 2.45) is 4.99 Å². The van der Waals surface area contributed by atoms with E-state index < -0.39 is 0 Å². The Hall–Kier alpha value is -1.39. The number of anilines is 1. The maximum Gasteiger partial charge on any atom is 0.194 e. The number of hydrogen-bond acceptors (Lipinski definition) is 5. The second kappa shape index (κ2) is 10.8. The molecule has 6 nitrogen and oxygen atoms in total. The van der Waals surface area contributed by atoms with Gasteiger partial charge in [0.2, 0.25) is 0 Å². The molecule has 0 radical (unpaired) electrons. The van der Waals surface area contributed by atoms with Gasteiger partial charge in [0.05, 0.1) is 12.2 Å². The smallest absolute Gasteiger partial charge is 0.194 e. The first-order valence-electron chi connectivity index (χ1n) is 8.99. The first-order chi connectivity index (χ1) is 12.7. The molecule has 0 atom stereocenters. The molecule has 1 aliphatic rings. The number of guanidine groups is 1. The predicted octanol–water partition coefficient (Wildman–Crippen LogP) is 2.72. The largest absolute Gasteiger partial charge is 0.354 e. The molecule has 1 aromatic carbocycles. The van der Waals surface area contributed by atoms with E-state index >= 15 is 0 Å². The first-order valence-corrected chi connectivity index (χ1v) is 9.87. The highest BCUT2D eigenvalue weighted by molar-refractivity contribution is 14.0. The molecular formula is C19H29IN6S. The second-order valence-electron chi connectivity index (χ2n) is 6.67. The van der Waals surface area contributed by atoms with Crippen molar-refractivity contribution < 1.29 is 0 Å². The minimum absolute atomic E-state index is 0. The molecule has 1 aromatic heterocycles. The van der Waals surface area contributed by atoms with Crippen LogP contribution < -0.4 is 10.2 Å². The molecule has 1 N–H and O–H groups in total. The molecular weight excluding hydrogens is 471 g/mol. The van der Waals surface area contributed by atoms with Crippen LogP contribution in [0, 0.1) is 0 Å². The highest BCUT2D eigenvalue weighted by Crippen LogP contribution is 2.17. The molecule has 0 spiro atoms. The van der Waals surface area contributed by atoms with E-state index in [9.17, 15) is 0 Å². The highest BCUT2D eigenvalue weighted by atomic mass is 127. The Morgan fingerprint density at radius 1 is 1.19 bits per heavy atom. The van der Waals surface area contributed by atoms with Gasteiger partial charge in [-0.1, -0.05) is 30.3 Å². The average Bonchev–Trinajstić information content (AvgIpc) is 3.14. The summed E-state index contributed by atoms with van der Waals surface area (Å²) in [5.41, 5.74) is 2.44. The number of nitrogens with zero attached hydrogens (tertiary/aromatic N) is 5. The van der Waals surface area contributed by atoms with Crippen LogP contribution in [0.25, 0.3) is 0 Å². The molecule has 3 rings (SSSR count). The number of aliphatic imine (C=N–C) groups is 1. The third-order valence-corrected chi connectivity index (χ3v) is 5.54. The van der Waals surface area contributed by atoms with Crippen LogP contribution in [0.5, 0.6) is 0 Å². The quantitative estimate of drug-likeness (QED) is 0.389. The Morgan fingerprint density at radius 3 is 2.48 bits per heavy atom. The zero-order valence-electron chi connectivity index (χ0n) is 16.3. The second-order valence-corrected chi connectivity index (χ2v) is 7.50. The number of aromatic nitrogens is 1. The number of rotatable bonds is 5. The molecule has 148 valence electrons. The van der Waals surface area contributed by atoms with E-state index in [-0.39, 0.29) is 24.0 Å². The van der Waals surface area contributed by atoms with Crippen LogP contribution >= 0.6 is 35.3 Å². The topological polar surface area (TPSA) is 47.0 Å². The number of halogens is 1. The van der Waals surface area contributed by atoms with Crippen molar-refractivity contribution in [3.05, 3.63) is 47.0 Å². The predicted molar refractivity (Wildman–Crippen MR) is 125 cm³/mol. The monoisotopic (exact) mass is 500 g/mol. The van der Waals surface area contributed by atoms with Crippen LogP contribution in [0.4, 0.5) is 5.13 Å². The number of benzene rings is 1. The van der Waals surface area contributed by atoms with E-state index in [0.29, 0.717) is 6.54 Å². The van der Waals surface area contributed by atoms with Crippen molar-refractivity contribution >= 4 is 46.4 Å². The van der Waals surface area contributed by atoms with Crippen molar-refractivity contribution in [1.29, 1.82) is 0 Å². The van der Waals surface area contributed by atoms with Gasteiger partial charge in [0.25, 0.3) is 0 Å². The molecule has 1 saturated heterocycles. The van der Waals surface area contributed by atoms with Gasteiger partial charge in [0.1, 0.15) is 0 Å². The van der Waals surface area contributed by atoms with Crippen LogP contribution in [0.1, 0.15) is 11.3 Å². The van der Waals surface area contributed by atoms with Gasteiger partial charge in [-0.05, 0) is 5.56 Å². The van der Waals surface area contributed by atoms with E-state index in [1.54, 1.807) is 11.3 Å². The van der Waals surface area contributed by atoms with E-state index in [1.807, 2.05) is 26.0 Å². The molecule has 0 saturated carbocycles. The summed E-state index contributed by atoms with van der Waals surface area (Å²) in [5, 5.41) is 6.59. The van der Waals surface area contributed by atoms with Gasteiger partial charge in [0.15, 0.2) is 11.1 Å². The van der Waals surface area contributed by atoms with Crippen LogP contribution in [-0.2, 0) is 13.1 Å². The average molecular weight is 500 g/mol. The molecule has 27 heavy (non-hydrogen) atoms. The lowest BCUT2D eigenvalue weighted by Crippen LogP contribution is -2.52. The Balaban J connectivity index is 0.00000261. The molecule has 0 amide bonds. The first kappa shape index (κ1) is 21.9. The van der Waals surface area contributed by atoms with Crippen LogP contribution in [-0.4, -0.2) is 68.1 Å². The number of piperazine rings is 1.